The molecule has 0 radical (unpaired) electrons. The molecule has 13 heteroatoms. The monoisotopic (exact) mass is 596 g/mol. The molecule has 212 valence electrons. The Hall–Kier alpha value is -4.39. The normalized spacial score (nSPS) is 12.1. The van der Waals surface area contributed by atoms with Crippen LogP contribution in [-0.4, -0.2) is 11.8 Å². The number of anilines is 2. The molecule has 0 aliphatic heterocycles. The Balaban J connectivity index is 1.64. The predicted octanol–water partition coefficient (Wildman–Crippen LogP) is 8.13. The number of carbonyl (C=O) groups is 2. The van der Waals surface area contributed by atoms with Gasteiger partial charge in [0.25, 0.3) is 5.91 Å². The highest BCUT2D eigenvalue weighted by Gasteiger charge is 2.42. The van der Waals surface area contributed by atoms with E-state index in [4.69, 9.17) is 0 Å². The fraction of sp³-hybridized carbons (Fsp3) is 0.0714. The van der Waals surface area contributed by atoms with Gasteiger partial charge >= 0.3 is 6.18 Å². The van der Waals surface area contributed by atoms with Crippen molar-refractivity contribution in [2.45, 2.75) is 16.3 Å². The summed E-state index contributed by atoms with van der Waals surface area (Å²) in [5, 5.41) is 2.82. The van der Waals surface area contributed by atoms with Gasteiger partial charge in [-0.05, 0) is 35.9 Å². The topological polar surface area (TPSA) is 58.2 Å². The molecule has 0 aromatic heterocycles. The van der Waals surface area contributed by atoms with Crippen LogP contribution in [0.4, 0.5) is 46.5 Å². The summed E-state index contributed by atoms with van der Waals surface area (Å²) < 4.78 is 110. The van der Waals surface area contributed by atoms with Gasteiger partial charge in [-0.1, -0.05) is 48.5 Å². The molecule has 0 heterocycles. The van der Waals surface area contributed by atoms with Gasteiger partial charge in [-0.15, -0.1) is 11.8 Å². The summed E-state index contributed by atoms with van der Waals surface area (Å²) in [6, 6.07) is 18.7. The molecule has 4 aromatic rings. The predicted molar refractivity (Wildman–Crippen MR) is 136 cm³/mol. The number of carbonyl (C=O) groups excluding carboxylic acids is 2. The first-order valence-corrected chi connectivity index (χ1v) is 12.4. The lowest BCUT2D eigenvalue weighted by atomic mass is 10.1. The van der Waals surface area contributed by atoms with Crippen molar-refractivity contribution in [2.24, 2.45) is 0 Å². The lowest BCUT2D eigenvalue weighted by Gasteiger charge is -2.19. The number of rotatable bonds is 7. The second-order valence-electron chi connectivity index (χ2n) is 8.36. The Morgan fingerprint density at radius 1 is 0.707 bits per heavy atom. The number of amides is 2. The Labute approximate surface area is 231 Å². The second kappa shape index (κ2) is 12.0. The van der Waals surface area contributed by atoms with Gasteiger partial charge < -0.3 is 10.6 Å². The SMILES string of the molecule is O=C(Nc1cccc(SC(C(=O)Nc2c(F)c(F)c(C(F)(F)F)c(F)c2F)c2ccccc2)c1)c1ccccc1F. The first-order chi connectivity index (χ1) is 19.4. The highest BCUT2D eigenvalue weighted by Crippen LogP contribution is 2.41. The van der Waals surface area contributed by atoms with Crippen molar-refractivity contribution in [3.05, 3.63) is 125 Å². The summed E-state index contributed by atoms with van der Waals surface area (Å²) >= 11 is 0.787. The Kier molecular flexibility index (Phi) is 8.66. The molecule has 0 aliphatic rings. The van der Waals surface area contributed by atoms with E-state index in [9.17, 15) is 44.7 Å². The molecule has 0 spiro atoms. The first-order valence-electron chi connectivity index (χ1n) is 11.5. The summed E-state index contributed by atoms with van der Waals surface area (Å²) in [5.41, 5.74) is -4.28. The molecule has 0 bridgehead atoms. The lowest BCUT2D eigenvalue weighted by Crippen LogP contribution is -2.23. The minimum absolute atomic E-state index is 0.194. The van der Waals surface area contributed by atoms with E-state index in [0.717, 1.165) is 17.8 Å². The third kappa shape index (κ3) is 6.51. The van der Waals surface area contributed by atoms with Crippen LogP contribution < -0.4 is 10.6 Å². The van der Waals surface area contributed by atoms with Crippen LogP contribution in [0.25, 0.3) is 0 Å². The van der Waals surface area contributed by atoms with Crippen LogP contribution >= 0.6 is 11.8 Å². The van der Waals surface area contributed by atoms with Gasteiger partial charge in [-0.3, -0.25) is 9.59 Å². The smallest absolute Gasteiger partial charge is 0.322 e. The van der Waals surface area contributed by atoms with Crippen molar-refractivity contribution >= 4 is 35.0 Å². The number of hydrogen-bond donors (Lipinski definition) is 2. The van der Waals surface area contributed by atoms with Gasteiger partial charge in [0.15, 0.2) is 23.3 Å². The molecule has 0 aliphatic carbocycles. The van der Waals surface area contributed by atoms with Crippen molar-refractivity contribution in [3.63, 3.8) is 0 Å². The summed E-state index contributed by atoms with van der Waals surface area (Å²) in [5.74, 6) is -13.0. The Morgan fingerprint density at radius 2 is 1.32 bits per heavy atom. The van der Waals surface area contributed by atoms with Crippen LogP contribution in [0.15, 0.2) is 83.8 Å². The Morgan fingerprint density at radius 3 is 1.93 bits per heavy atom. The molecule has 1 unspecified atom stereocenters. The third-order valence-corrected chi connectivity index (χ3v) is 6.85. The molecule has 2 N–H and O–H groups in total. The average molecular weight is 596 g/mol. The molecule has 4 aromatic carbocycles. The molecule has 41 heavy (non-hydrogen) atoms. The van der Waals surface area contributed by atoms with E-state index in [1.165, 1.54) is 66.7 Å². The van der Waals surface area contributed by atoms with E-state index < -0.39 is 63.6 Å². The lowest BCUT2D eigenvalue weighted by molar-refractivity contribution is -0.143. The van der Waals surface area contributed by atoms with E-state index in [1.807, 2.05) is 0 Å². The number of hydrogen-bond acceptors (Lipinski definition) is 3. The molecular formula is C28H16F8N2O2S. The van der Waals surface area contributed by atoms with Crippen LogP contribution in [0.1, 0.15) is 26.7 Å². The van der Waals surface area contributed by atoms with Crippen LogP contribution in [0.5, 0.6) is 0 Å². The van der Waals surface area contributed by atoms with Crippen molar-refractivity contribution in [2.75, 3.05) is 10.6 Å². The fourth-order valence-electron chi connectivity index (χ4n) is 3.71. The zero-order valence-corrected chi connectivity index (χ0v) is 21.1. The van der Waals surface area contributed by atoms with Crippen molar-refractivity contribution < 1.29 is 44.7 Å². The highest BCUT2D eigenvalue weighted by atomic mass is 32.2. The van der Waals surface area contributed by atoms with Gasteiger partial charge in [-0.2, -0.15) is 13.2 Å². The standard InChI is InChI=1S/C28H16F8N2O2S/c29-18-12-5-4-11-17(18)26(39)37-15-9-6-10-16(13-15)41-25(14-7-2-1-3-8-14)27(40)38-24-22(32)20(30)19(28(34,35)36)21(31)23(24)33/h1-13,25H,(H,37,39)(H,38,40). The number of halogens is 8. The molecule has 1 atom stereocenters. The van der Waals surface area contributed by atoms with Gasteiger partial charge in [0, 0.05) is 10.6 Å². The maximum Gasteiger partial charge on any atom is 0.422 e. The maximum absolute atomic E-state index is 14.5. The minimum atomic E-state index is -5.74. The van der Waals surface area contributed by atoms with Crippen LogP contribution in [0.2, 0.25) is 0 Å². The maximum atomic E-state index is 14.5. The summed E-state index contributed by atoms with van der Waals surface area (Å²) in [7, 11) is 0. The van der Waals surface area contributed by atoms with Gasteiger partial charge in [-0.25, -0.2) is 22.0 Å². The molecular weight excluding hydrogens is 580 g/mol. The molecule has 0 saturated carbocycles. The van der Waals surface area contributed by atoms with E-state index in [-0.39, 0.29) is 16.8 Å². The molecule has 2 amide bonds. The number of nitrogens with one attached hydrogen (secondary N) is 2. The third-order valence-electron chi connectivity index (χ3n) is 5.60. The van der Waals surface area contributed by atoms with E-state index in [0.29, 0.717) is 4.90 Å². The largest absolute Gasteiger partial charge is 0.422 e. The Bertz CT molecular complexity index is 1580. The molecule has 0 fully saturated rings. The molecule has 4 rings (SSSR count). The number of benzene rings is 4. The van der Waals surface area contributed by atoms with Gasteiger partial charge in [0.05, 0.1) is 5.56 Å². The quantitative estimate of drug-likeness (QED) is 0.129. The van der Waals surface area contributed by atoms with Crippen molar-refractivity contribution in [3.8, 4) is 0 Å². The van der Waals surface area contributed by atoms with Crippen LogP contribution in [0.3, 0.4) is 0 Å². The highest BCUT2D eigenvalue weighted by molar-refractivity contribution is 8.00. The van der Waals surface area contributed by atoms with E-state index in [1.54, 1.807) is 11.4 Å². The minimum Gasteiger partial charge on any atom is -0.322 e. The number of alkyl halides is 3. The average Bonchev–Trinajstić information content (AvgIpc) is 2.93. The van der Waals surface area contributed by atoms with Crippen LogP contribution in [-0.2, 0) is 11.0 Å². The van der Waals surface area contributed by atoms with Crippen LogP contribution in [0, 0.1) is 29.1 Å². The fourth-order valence-corrected chi connectivity index (χ4v) is 4.79. The molecule has 4 nitrogen and oxygen atoms in total. The summed E-state index contributed by atoms with van der Waals surface area (Å²) in [6.45, 7) is 0. The zero-order chi connectivity index (χ0) is 29.9. The molecule has 0 saturated heterocycles. The van der Waals surface area contributed by atoms with Gasteiger partial charge in [0.2, 0.25) is 5.91 Å². The van der Waals surface area contributed by atoms with E-state index >= 15 is 0 Å². The van der Waals surface area contributed by atoms with E-state index in [2.05, 4.69) is 5.32 Å². The van der Waals surface area contributed by atoms with Gasteiger partial charge in [0.1, 0.15) is 22.3 Å². The summed E-state index contributed by atoms with van der Waals surface area (Å²) in [6.07, 6.45) is -5.74. The first kappa shape index (κ1) is 29.6. The number of thioether (sulfide) groups is 1. The van der Waals surface area contributed by atoms with Crippen molar-refractivity contribution in [1.29, 1.82) is 0 Å². The second-order valence-corrected chi connectivity index (χ2v) is 9.54. The van der Waals surface area contributed by atoms with Crippen molar-refractivity contribution in [1.82, 2.24) is 0 Å². The summed E-state index contributed by atoms with van der Waals surface area (Å²) in [4.78, 5) is 26.0. The zero-order valence-electron chi connectivity index (χ0n) is 20.3.